The van der Waals surface area contributed by atoms with E-state index in [0.29, 0.717) is 6.54 Å². The molecule has 2 fully saturated rings. The average molecular weight is 240 g/mol. The molecule has 17 heavy (non-hydrogen) atoms. The highest BCUT2D eigenvalue weighted by Gasteiger charge is 2.28. The largest absolute Gasteiger partial charge is 0.379 e. The first kappa shape index (κ1) is 12.8. The van der Waals surface area contributed by atoms with E-state index in [9.17, 15) is 4.79 Å². The Kier molecular flexibility index (Phi) is 4.40. The van der Waals surface area contributed by atoms with E-state index in [4.69, 9.17) is 4.74 Å². The molecule has 1 saturated carbocycles. The van der Waals surface area contributed by atoms with Crippen molar-refractivity contribution >= 4 is 5.91 Å². The highest BCUT2D eigenvalue weighted by atomic mass is 16.5. The maximum atomic E-state index is 12.0. The number of nitrogens with one attached hydrogen (secondary N) is 1. The third-order valence-electron chi connectivity index (χ3n) is 3.87. The van der Waals surface area contributed by atoms with Gasteiger partial charge in [-0.3, -0.25) is 9.69 Å². The van der Waals surface area contributed by atoms with Gasteiger partial charge in [0.25, 0.3) is 0 Å². The molecule has 4 nitrogen and oxygen atoms in total. The Morgan fingerprint density at radius 1 is 1.24 bits per heavy atom. The number of hydrogen-bond acceptors (Lipinski definition) is 3. The van der Waals surface area contributed by atoms with Crippen molar-refractivity contribution in [3.63, 3.8) is 0 Å². The monoisotopic (exact) mass is 240 g/mol. The van der Waals surface area contributed by atoms with Crippen LogP contribution in [-0.4, -0.2) is 49.2 Å². The zero-order chi connectivity index (χ0) is 12.1. The number of nitrogens with zero attached hydrogens (tertiary/aromatic N) is 1. The van der Waals surface area contributed by atoms with Crippen LogP contribution in [0.3, 0.4) is 0 Å². The molecule has 0 aromatic carbocycles. The molecule has 0 spiro atoms. The van der Waals surface area contributed by atoms with Gasteiger partial charge in [-0.15, -0.1) is 0 Å². The van der Waals surface area contributed by atoms with E-state index < -0.39 is 0 Å². The van der Waals surface area contributed by atoms with Crippen LogP contribution in [0.2, 0.25) is 0 Å². The molecule has 0 radical (unpaired) electrons. The molecule has 0 bridgehead atoms. The molecule has 4 heteroatoms. The van der Waals surface area contributed by atoms with Gasteiger partial charge in [0.1, 0.15) is 0 Å². The van der Waals surface area contributed by atoms with Crippen LogP contribution in [0.25, 0.3) is 0 Å². The highest BCUT2D eigenvalue weighted by molar-refractivity contribution is 5.78. The van der Waals surface area contributed by atoms with Gasteiger partial charge in [0, 0.05) is 18.6 Å². The lowest BCUT2D eigenvalue weighted by molar-refractivity contribution is -0.125. The number of carbonyl (C=O) groups is 1. The summed E-state index contributed by atoms with van der Waals surface area (Å²) in [6.45, 7) is 5.98. The molecule has 0 atom stereocenters. The van der Waals surface area contributed by atoms with Crippen molar-refractivity contribution < 1.29 is 9.53 Å². The summed E-state index contributed by atoms with van der Waals surface area (Å²) in [6.07, 6.45) is 6.06. The number of morpholine rings is 1. The molecule has 1 N–H and O–H groups in total. The van der Waals surface area contributed by atoms with E-state index in [1.165, 1.54) is 19.3 Å². The summed E-state index contributed by atoms with van der Waals surface area (Å²) in [6, 6.07) is 0. The van der Waals surface area contributed by atoms with E-state index in [-0.39, 0.29) is 11.4 Å². The second-order valence-corrected chi connectivity index (χ2v) is 5.56. The maximum Gasteiger partial charge on any atom is 0.234 e. The van der Waals surface area contributed by atoms with E-state index in [1.807, 2.05) is 0 Å². The number of carbonyl (C=O) groups excluding carboxylic acids is 1. The van der Waals surface area contributed by atoms with Gasteiger partial charge < -0.3 is 10.1 Å². The van der Waals surface area contributed by atoms with Crippen molar-refractivity contribution in [3.8, 4) is 0 Å². The van der Waals surface area contributed by atoms with E-state index >= 15 is 0 Å². The van der Waals surface area contributed by atoms with Crippen LogP contribution < -0.4 is 5.32 Å². The molecule has 0 aromatic heterocycles. The number of rotatable bonds is 3. The summed E-state index contributed by atoms with van der Waals surface area (Å²) in [5.41, 5.74) is 0.0433. The molecule has 1 saturated heterocycles. The Morgan fingerprint density at radius 2 is 1.88 bits per heavy atom. The molecule has 1 amide bonds. The first-order chi connectivity index (χ1) is 8.18. The van der Waals surface area contributed by atoms with Crippen LogP contribution in [0.5, 0.6) is 0 Å². The topological polar surface area (TPSA) is 41.6 Å². The van der Waals surface area contributed by atoms with Gasteiger partial charge >= 0.3 is 0 Å². The van der Waals surface area contributed by atoms with Gasteiger partial charge in [0.15, 0.2) is 0 Å². The van der Waals surface area contributed by atoms with Gasteiger partial charge in [-0.1, -0.05) is 19.3 Å². The van der Waals surface area contributed by atoms with Gasteiger partial charge in [-0.2, -0.15) is 0 Å². The molecular weight excluding hydrogens is 216 g/mol. The van der Waals surface area contributed by atoms with Gasteiger partial charge in [0.2, 0.25) is 5.91 Å². The van der Waals surface area contributed by atoms with Crippen LogP contribution in [0.15, 0.2) is 0 Å². The van der Waals surface area contributed by atoms with E-state index in [0.717, 1.165) is 39.1 Å². The Labute approximate surface area is 104 Å². The highest BCUT2D eigenvalue weighted by Crippen LogP contribution is 2.27. The zero-order valence-corrected chi connectivity index (χ0v) is 10.8. The molecule has 2 rings (SSSR count). The quantitative estimate of drug-likeness (QED) is 0.805. The van der Waals surface area contributed by atoms with Crippen molar-refractivity contribution in [2.24, 2.45) is 0 Å². The smallest absolute Gasteiger partial charge is 0.234 e. The molecule has 2 aliphatic rings. The summed E-state index contributed by atoms with van der Waals surface area (Å²) in [4.78, 5) is 14.2. The van der Waals surface area contributed by atoms with Crippen molar-refractivity contribution in [2.45, 2.75) is 44.6 Å². The fourth-order valence-electron chi connectivity index (χ4n) is 2.80. The van der Waals surface area contributed by atoms with Crippen LogP contribution in [0.4, 0.5) is 0 Å². The fourth-order valence-corrected chi connectivity index (χ4v) is 2.80. The number of hydrogen-bond donors (Lipinski definition) is 1. The normalized spacial score (nSPS) is 25.5. The fraction of sp³-hybridized carbons (Fsp3) is 0.923. The summed E-state index contributed by atoms with van der Waals surface area (Å²) >= 11 is 0. The summed E-state index contributed by atoms with van der Waals surface area (Å²) in [7, 11) is 0. The van der Waals surface area contributed by atoms with Gasteiger partial charge in [0.05, 0.1) is 19.8 Å². The number of amides is 1. The molecule has 1 aliphatic heterocycles. The Bertz CT molecular complexity index is 256. The van der Waals surface area contributed by atoms with E-state index in [2.05, 4.69) is 17.1 Å². The molecule has 1 heterocycles. The Balaban J connectivity index is 1.75. The second kappa shape index (κ2) is 5.83. The summed E-state index contributed by atoms with van der Waals surface area (Å²) in [5, 5.41) is 3.22. The van der Waals surface area contributed by atoms with Crippen LogP contribution in [0.1, 0.15) is 39.0 Å². The predicted molar refractivity (Wildman–Crippen MR) is 66.9 cm³/mol. The van der Waals surface area contributed by atoms with Gasteiger partial charge in [-0.05, 0) is 19.8 Å². The summed E-state index contributed by atoms with van der Waals surface area (Å²) < 4.78 is 5.28. The lowest BCUT2D eigenvalue weighted by Crippen LogP contribution is -2.51. The Hall–Kier alpha value is -0.610. The SMILES string of the molecule is CC1(NC(=O)CN2CCOCC2)CCCCC1. The molecule has 1 aliphatic carbocycles. The summed E-state index contributed by atoms with van der Waals surface area (Å²) in [5.74, 6) is 0.177. The van der Waals surface area contributed by atoms with Crippen molar-refractivity contribution in [2.75, 3.05) is 32.8 Å². The molecule has 98 valence electrons. The van der Waals surface area contributed by atoms with E-state index in [1.54, 1.807) is 0 Å². The predicted octanol–water partition coefficient (Wildman–Crippen LogP) is 1.16. The second-order valence-electron chi connectivity index (χ2n) is 5.56. The molecular formula is C13H24N2O2. The Morgan fingerprint density at radius 3 is 2.53 bits per heavy atom. The van der Waals surface area contributed by atoms with Crippen LogP contribution >= 0.6 is 0 Å². The average Bonchev–Trinajstić information content (AvgIpc) is 2.30. The van der Waals surface area contributed by atoms with Crippen LogP contribution in [-0.2, 0) is 9.53 Å². The standard InChI is InChI=1S/C13H24N2O2/c1-13(5-3-2-4-6-13)14-12(16)11-15-7-9-17-10-8-15/h2-11H2,1H3,(H,14,16). The lowest BCUT2D eigenvalue weighted by atomic mass is 9.83. The van der Waals surface area contributed by atoms with Crippen molar-refractivity contribution in [1.82, 2.24) is 10.2 Å². The first-order valence-electron chi connectivity index (χ1n) is 6.79. The van der Waals surface area contributed by atoms with Crippen molar-refractivity contribution in [1.29, 1.82) is 0 Å². The zero-order valence-electron chi connectivity index (χ0n) is 10.8. The minimum Gasteiger partial charge on any atom is -0.379 e. The first-order valence-corrected chi connectivity index (χ1v) is 6.79. The maximum absolute atomic E-state index is 12.0. The third-order valence-corrected chi connectivity index (χ3v) is 3.87. The van der Waals surface area contributed by atoms with Crippen molar-refractivity contribution in [3.05, 3.63) is 0 Å². The minimum absolute atomic E-state index is 0.0433. The molecule has 0 unspecified atom stereocenters. The van der Waals surface area contributed by atoms with Crippen LogP contribution in [0, 0.1) is 0 Å². The third kappa shape index (κ3) is 3.96. The number of ether oxygens (including phenoxy) is 1. The molecule has 0 aromatic rings. The lowest BCUT2D eigenvalue weighted by Gasteiger charge is -2.35. The van der Waals surface area contributed by atoms with Gasteiger partial charge in [-0.25, -0.2) is 0 Å². The minimum atomic E-state index is 0.0433.